The summed E-state index contributed by atoms with van der Waals surface area (Å²) in [5, 5.41) is 3.22. The summed E-state index contributed by atoms with van der Waals surface area (Å²) in [4.78, 5) is 4.37. The number of aromatic nitrogens is 1. The number of hydrogen-bond donors (Lipinski definition) is 1. The zero-order chi connectivity index (χ0) is 11.0. The molecule has 0 bridgehead atoms. The molecule has 1 aromatic carbocycles. The van der Waals surface area contributed by atoms with Crippen LogP contribution in [0.1, 0.15) is 11.5 Å². The zero-order valence-electron chi connectivity index (χ0n) is 8.66. The van der Waals surface area contributed by atoms with Gasteiger partial charge in [0.25, 0.3) is 0 Å². The van der Waals surface area contributed by atoms with Gasteiger partial charge < -0.3 is 9.73 Å². The molecule has 0 spiro atoms. The molecule has 0 saturated carbocycles. The van der Waals surface area contributed by atoms with Crippen LogP contribution in [0.4, 0.5) is 4.39 Å². The molecule has 0 fully saturated rings. The van der Waals surface area contributed by atoms with Gasteiger partial charge in [-0.25, -0.2) is 9.37 Å². The van der Waals surface area contributed by atoms with Crippen molar-refractivity contribution >= 4 is 0 Å². The van der Waals surface area contributed by atoms with Crippen LogP contribution < -0.4 is 5.32 Å². The third kappa shape index (κ3) is 1.61. The average molecular weight is 218 g/mol. The first-order valence-electron chi connectivity index (χ1n) is 5.28. The first-order chi connectivity index (χ1) is 7.83. The smallest absolute Gasteiger partial charge is 0.226 e. The van der Waals surface area contributed by atoms with E-state index < -0.39 is 0 Å². The van der Waals surface area contributed by atoms with E-state index in [1.54, 1.807) is 12.1 Å². The lowest BCUT2D eigenvalue weighted by Crippen LogP contribution is -2.22. The topological polar surface area (TPSA) is 38.1 Å². The maximum absolute atomic E-state index is 13.1. The largest absolute Gasteiger partial charge is 0.441 e. The molecule has 16 heavy (non-hydrogen) atoms. The predicted molar refractivity (Wildman–Crippen MR) is 57.3 cm³/mol. The molecule has 0 aliphatic carbocycles. The van der Waals surface area contributed by atoms with E-state index in [0.29, 0.717) is 11.5 Å². The minimum absolute atomic E-state index is 0.271. The number of oxazole rings is 1. The molecule has 1 aromatic heterocycles. The molecule has 4 heteroatoms. The highest BCUT2D eigenvalue weighted by Crippen LogP contribution is 2.24. The molecule has 2 aromatic rings. The average Bonchev–Trinajstić information content (AvgIpc) is 2.72. The van der Waals surface area contributed by atoms with Gasteiger partial charge in [0.05, 0.1) is 5.69 Å². The van der Waals surface area contributed by atoms with Crippen molar-refractivity contribution in [1.82, 2.24) is 10.3 Å². The summed E-state index contributed by atoms with van der Waals surface area (Å²) >= 11 is 0. The SMILES string of the molecule is Fc1cccc(-c2nc3c(o2)CCNC3)c1. The fraction of sp³-hybridized carbons (Fsp3) is 0.250. The molecule has 2 heterocycles. The molecule has 1 N–H and O–H groups in total. The van der Waals surface area contributed by atoms with Crippen molar-refractivity contribution in [2.45, 2.75) is 13.0 Å². The molecule has 0 atom stereocenters. The second-order valence-corrected chi connectivity index (χ2v) is 3.83. The van der Waals surface area contributed by atoms with E-state index in [-0.39, 0.29) is 5.82 Å². The summed E-state index contributed by atoms with van der Waals surface area (Å²) in [6.07, 6.45) is 0.845. The van der Waals surface area contributed by atoms with Gasteiger partial charge in [-0.3, -0.25) is 0 Å². The molecule has 3 rings (SSSR count). The first-order valence-corrected chi connectivity index (χ1v) is 5.28. The van der Waals surface area contributed by atoms with E-state index in [1.165, 1.54) is 12.1 Å². The van der Waals surface area contributed by atoms with Gasteiger partial charge in [0, 0.05) is 25.1 Å². The summed E-state index contributed by atoms with van der Waals surface area (Å²) in [7, 11) is 0. The third-order valence-electron chi connectivity index (χ3n) is 2.67. The van der Waals surface area contributed by atoms with Crippen LogP contribution in [-0.2, 0) is 13.0 Å². The molecule has 0 amide bonds. The van der Waals surface area contributed by atoms with Crippen molar-refractivity contribution in [3.05, 3.63) is 41.5 Å². The number of rotatable bonds is 1. The van der Waals surface area contributed by atoms with Crippen LogP contribution in [0.15, 0.2) is 28.7 Å². The van der Waals surface area contributed by atoms with Gasteiger partial charge in [-0.05, 0) is 18.2 Å². The number of benzene rings is 1. The molecule has 3 nitrogen and oxygen atoms in total. The number of halogens is 1. The van der Waals surface area contributed by atoms with Crippen molar-refractivity contribution in [3.8, 4) is 11.5 Å². The maximum Gasteiger partial charge on any atom is 0.226 e. The third-order valence-corrected chi connectivity index (χ3v) is 2.67. The van der Waals surface area contributed by atoms with Gasteiger partial charge in [-0.1, -0.05) is 6.07 Å². The first kappa shape index (κ1) is 9.54. The fourth-order valence-electron chi connectivity index (χ4n) is 1.87. The summed E-state index contributed by atoms with van der Waals surface area (Å²) < 4.78 is 18.7. The van der Waals surface area contributed by atoms with E-state index in [4.69, 9.17) is 4.42 Å². The minimum atomic E-state index is -0.271. The molecular formula is C12H11FN2O. The van der Waals surface area contributed by atoms with Crippen molar-refractivity contribution in [3.63, 3.8) is 0 Å². The summed E-state index contributed by atoms with van der Waals surface area (Å²) in [5.74, 6) is 1.15. The normalized spacial score (nSPS) is 14.8. The van der Waals surface area contributed by atoms with Gasteiger partial charge >= 0.3 is 0 Å². The Balaban J connectivity index is 2.03. The molecule has 82 valence electrons. The van der Waals surface area contributed by atoms with Crippen molar-refractivity contribution in [1.29, 1.82) is 0 Å². The van der Waals surface area contributed by atoms with Gasteiger partial charge in [0.15, 0.2) is 0 Å². The monoisotopic (exact) mass is 218 g/mol. The number of nitrogens with zero attached hydrogens (tertiary/aromatic N) is 1. The van der Waals surface area contributed by atoms with Crippen LogP contribution in [-0.4, -0.2) is 11.5 Å². The van der Waals surface area contributed by atoms with Crippen molar-refractivity contribution in [2.24, 2.45) is 0 Å². The van der Waals surface area contributed by atoms with E-state index in [2.05, 4.69) is 10.3 Å². The van der Waals surface area contributed by atoms with E-state index in [9.17, 15) is 4.39 Å². The molecule has 0 saturated heterocycles. The van der Waals surface area contributed by atoms with Gasteiger partial charge in [-0.15, -0.1) is 0 Å². The summed E-state index contributed by atoms with van der Waals surface area (Å²) in [6.45, 7) is 1.64. The number of nitrogens with one attached hydrogen (secondary N) is 1. The van der Waals surface area contributed by atoms with Crippen LogP contribution in [0.2, 0.25) is 0 Å². The van der Waals surface area contributed by atoms with Crippen molar-refractivity contribution < 1.29 is 8.81 Å². The lowest BCUT2D eigenvalue weighted by molar-refractivity contribution is 0.483. The Hall–Kier alpha value is -1.68. The molecule has 1 aliphatic heterocycles. The molecule has 0 radical (unpaired) electrons. The van der Waals surface area contributed by atoms with E-state index in [1.807, 2.05) is 0 Å². The van der Waals surface area contributed by atoms with Crippen LogP contribution >= 0.6 is 0 Å². The van der Waals surface area contributed by atoms with Crippen LogP contribution in [0.3, 0.4) is 0 Å². The lowest BCUT2D eigenvalue weighted by atomic mass is 10.2. The second-order valence-electron chi connectivity index (χ2n) is 3.83. The number of hydrogen-bond acceptors (Lipinski definition) is 3. The highest BCUT2D eigenvalue weighted by atomic mass is 19.1. The molecule has 1 aliphatic rings. The minimum Gasteiger partial charge on any atom is -0.441 e. The Morgan fingerprint density at radius 3 is 3.12 bits per heavy atom. The van der Waals surface area contributed by atoms with Gasteiger partial charge in [0.2, 0.25) is 5.89 Å². The lowest BCUT2D eigenvalue weighted by Gasteiger charge is -2.08. The maximum atomic E-state index is 13.1. The number of fused-ring (bicyclic) bond motifs is 1. The van der Waals surface area contributed by atoms with Gasteiger partial charge in [0.1, 0.15) is 11.6 Å². The highest BCUT2D eigenvalue weighted by molar-refractivity contribution is 5.53. The fourth-order valence-corrected chi connectivity index (χ4v) is 1.87. The van der Waals surface area contributed by atoms with E-state index in [0.717, 1.165) is 31.0 Å². The predicted octanol–water partition coefficient (Wildman–Crippen LogP) is 2.13. The molecular weight excluding hydrogens is 207 g/mol. The summed E-state index contributed by atoms with van der Waals surface area (Å²) in [6, 6.07) is 6.30. The second kappa shape index (κ2) is 3.72. The molecule has 0 unspecified atom stereocenters. The Morgan fingerprint density at radius 1 is 1.38 bits per heavy atom. The Bertz CT molecular complexity index is 498. The van der Waals surface area contributed by atoms with Crippen LogP contribution in [0.5, 0.6) is 0 Å². The Morgan fingerprint density at radius 2 is 2.31 bits per heavy atom. The van der Waals surface area contributed by atoms with Gasteiger partial charge in [-0.2, -0.15) is 0 Å². The quantitative estimate of drug-likeness (QED) is 0.796. The zero-order valence-corrected chi connectivity index (χ0v) is 8.66. The summed E-state index contributed by atoms with van der Waals surface area (Å²) in [5.41, 5.74) is 1.62. The van der Waals surface area contributed by atoms with Crippen molar-refractivity contribution in [2.75, 3.05) is 6.54 Å². The van der Waals surface area contributed by atoms with Crippen LogP contribution in [0.25, 0.3) is 11.5 Å². The van der Waals surface area contributed by atoms with Crippen LogP contribution in [0, 0.1) is 5.82 Å². The van der Waals surface area contributed by atoms with E-state index >= 15 is 0 Å². The Kier molecular flexibility index (Phi) is 2.22. The standard InChI is InChI=1S/C12H11FN2O/c13-9-3-1-2-8(6-9)12-15-10-7-14-5-4-11(10)16-12/h1-3,6,14H,4-5,7H2. The highest BCUT2D eigenvalue weighted by Gasteiger charge is 2.17. The Labute approximate surface area is 92.3 Å².